The number of carbonyl (C=O) groups is 1. The second-order valence-corrected chi connectivity index (χ2v) is 7.11. The number of aromatic nitrogens is 2. The van der Waals surface area contributed by atoms with Crippen LogP contribution in [-0.2, 0) is 0 Å². The first kappa shape index (κ1) is 17.6. The summed E-state index contributed by atoms with van der Waals surface area (Å²) >= 11 is 11.9. The van der Waals surface area contributed by atoms with Crippen molar-refractivity contribution in [3.63, 3.8) is 0 Å². The highest BCUT2D eigenvalue weighted by Crippen LogP contribution is 2.24. The molecule has 2 heterocycles. The first-order chi connectivity index (χ1) is 13.0. The van der Waals surface area contributed by atoms with Gasteiger partial charge >= 0.3 is 0 Å². The highest BCUT2D eigenvalue weighted by atomic mass is 35.5. The van der Waals surface area contributed by atoms with E-state index in [4.69, 9.17) is 23.2 Å². The Labute approximate surface area is 166 Å². The summed E-state index contributed by atoms with van der Waals surface area (Å²) in [5.74, 6) is -0.268. The van der Waals surface area contributed by atoms with Gasteiger partial charge in [0.15, 0.2) is 0 Å². The van der Waals surface area contributed by atoms with Crippen LogP contribution >= 0.6 is 23.2 Å². The summed E-state index contributed by atoms with van der Waals surface area (Å²) in [6, 6.07) is 16.3. The molecule has 0 aliphatic carbocycles. The Hall–Kier alpha value is -2.82. The Morgan fingerprint density at radius 2 is 1.74 bits per heavy atom. The number of hydrogen-bond acceptors (Lipinski definition) is 2. The molecule has 2 aromatic heterocycles. The van der Waals surface area contributed by atoms with Crippen molar-refractivity contribution in [3.8, 4) is 11.3 Å². The van der Waals surface area contributed by atoms with Crippen molar-refractivity contribution in [1.29, 1.82) is 0 Å². The first-order valence-electron chi connectivity index (χ1n) is 8.32. The molecule has 0 unspecified atom stereocenters. The second kappa shape index (κ2) is 7.06. The smallest absolute Gasteiger partial charge is 0.255 e. The van der Waals surface area contributed by atoms with Gasteiger partial charge in [-0.15, -0.1) is 0 Å². The summed E-state index contributed by atoms with van der Waals surface area (Å²) in [5, 5.41) is 3.69. The van der Waals surface area contributed by atoms with Crippen LogP contribution in [-0.4, -0.2) is 15.3 Å². The van der Waals surface area contributed by atoms with Gasteiger partial charge in [-0.1, -0.05) is 41.4 Å². The fourth-order valence-electron chi connectivity index (χ4n) is 2.91. The zero-order valence-corrected chi connectivity index (χ0v) is 15.9. The van der Waals surface area contributed by atoms with Crippen LogP contribution in [0.5, 0.6) is 0 Å². The fraction of sp³-hybridized carbons (Fsp3) is 0.0476. The third kappa shape index (κ3) is 3.68. The lowest BCUT2D eigenvalue weighted by atomic mass is 10.1. The number of fused-ring (bicyclic) bond motifs is 1. The number of nitrogens with one attached hydrogen (secondary N) is 1. The van der Waals surface area contributed by atoms with Crippen molar-refractivity contribution < 1.29 is 4.79 Å². The maximum absolute atomic E-state index is 12.4. The lowest BCUT2D eigenvalue weighted by molar-refractivity contribution is 0.102. The molecular formula is C21H15Cl2N3O. The minimum Gasteiger partial charge on any atom is -0.322 e. The Morgan fingerprint density at radius 1 is 1.04 bits per heavy atom. The number of rotatable bonds is 3. The molecule has 0 fully saturated rings. The van der Waals surface area contributed by atoms with Gasteiger partial charge in [-0.05, 0) is 48.9 Å². The second-order valence-electron chi connectivity index (χ2n) is 6.24. The predicted octanol–water partition coefficient (Wildman–Crippen LogP) is 5.87. The molecule has 0 spiro atoms. The number of pyridine rings is 1. The molecule has 4 nitrogen and oxygen atoms in total. The van der Waals surface area contributed by atoms with Gasteiger partial charge < -0.3 is 9.72 Å². The quantitative estimate of drug-likeness (QED) is 0.471. The molecular weight excluding hydrogens is 381 g/mol. The Bertz CT molecular complexity index is 1130. The molecule has 0 bridgehead atoms. The lowest BCUT2D eigenvalue weighted by Gasteiger charge is -2.07. The zero-order chi connectivity index (χ0) is 19.0. The number of anilines is 1. The van der Waals surface area contributed by atoms with Crippen molar-refractivity contribution in [3.05, 3.63) is 88.2 Å². The summed E-state index contributed by atoms with van der Waals surface area (Å²) in [6.45, 7) is 2.03. The van der Waals surface area contributed by atoms with Gasteiger partial charge in [0.1, 0.15) is 5.65 Å². The van der Waals surface area contributed by atoms with Gasteiger partial charge in [0, 0.05) is 39.3 Å². The molecule has 0 aliphatic rings. The number of halogens is 2. The van der Waals surface area contributed by atoms with E-state index in [0.717, 1.165) is 22.5 Å². The molecule has 134 valence electrons. The monoisotopic (exact) mass is 395 g/mol. The largest absolute Gasteiger partial charge is 0.322 e. The number of imidazole rings is 1. The minimum atomic E-state index is -0.268. The third-order valence-corrected chi connectivity index (χ3v) is 4.68. The van der Waals surface area contributed by atoms with Crippen LogP contribution in [0.15, 0.2) is 67.0 Å². The molecule has 0 aliphatic heterocycles. The average molecular weight is 396 g/mol. The van der Waals surface area contributed by atoms with E-state index in [9.17, 15) is 4.79 Å². The maximum atomic E-state index is 12.4. The third-order valence-electron chi connectivity index (χ3n) is 4.24. The summed E-state index contributed by atoms with van der Waals surface area (Å²) in [7, 11) is 0. The Balaban J connectivity index is 1.56. The van der Waals surface area contributed by atoms with E-state index < -0.39 is 0 Å². The molecule has 4 aromatic rings. The van der Waals surface area contributed by atoms with Crippen molar-refractivity contribution in [1.82, 2.24) is 9.38 Å². The van der Waals surface area contributed by atoms with Gasteiger partial charge in [-0.2, -0.15) is 0 Å². The topological polar surface area (TPSA) is 46.4 Å². The summed E-state index contributed by atoms with van der Waals surface area (Å²) in [6.07, 6.45) is 3.97. The van der Waals surface area contributed by atoms with E-state index in [1.165, 1.54) is 0 Å². The van der Waals surface area contributed by atoms with Gasteiger partial charge in [0.25, 0.3) is 5.91 Å². The Morgan fingerprint density at radius 3 is 2.41 bits per heavy atom. The summed E-state index contributed by atoms with van der Waals surface area (Å²) in [4.78, 5) is 17.1. The van der Waals surface area contributed by atoms with E-state index in [1.807, 2.05) is 60.1 Å². The van der Waals surface area contributed by atoms with Crippen molar-refractivity contribution in [2.45, 2.75) is 6.92 Å². The Kier molecular flexibility index (Phi) is 4.60. The molecule has 27 heavy (non-hydrogen) atoms. The number of carbonyl (C=O) groups excluding carboxylic acids is 1. The predicted molar refractivity (Wildman–Crippen MR) is 110 cm³/mol. The van der Waals surface area contributed by atoms with Crippen LogP contribution in [0.1, 0.15) is 15.9 Å². The van der Waals surface area contributed by atoms with Gasteiger partial charge in [0.2, 0.25) is 0 Å². The summed E-state index contributed by atoms with van der Waals surface area (Å²) in [5.41, 5.74) is 4.99. The zero-order valence-electron chi connectivity index (χ0n) is 14.4. The van der Waals surface area contributed by atoms with Gasteiger partial charge in [0.05, 0.1) is 5.69 Å². The molecule has 0 radical (unpaired) electrons. The number of aryl methyl sites for hydroxylation is 1. The van der Waals surface area contributed by atoms with Crippen molar-refractivity contribution >= 4 is 40.4 Å². The van der Waals surface area contributed by atoms with E-state index in [2.05, 4.69) is 10.3 Å². The number of amides is 1. The van der Waals surface area contributed by atoms with Crippen LogP contribution in [0.3, 0.4) is 0 Å². The molecule has 0 saturated heterocycles. The number of nitrogens with zero attached hydrogens (tertiary/aromatic N) is 2. The normalized spacial score (nSPS) is 10.9. The van der Waals surface area contributed by atoms with Crippen LogP contribution < -0.4 is 5.32 Å². The number of hydrogen-bond donors (Lipinski definition) is 1. The van der Waals surface area contributed by atoms with E-state index in [-0.39, 0.29) is 5.91 Å². The van der Waals surface area contributed by atoms with E-state index >= 15 is 0 Å². The molecule has 0 atom stereocenters. The maximum Gasteiger partial charge on any atom is 0.255 e. The van der Waals surface area contributed by atoms with Crippen molar-refractivity contribution in [2.24, 2.45) is 0 Å². The van der Waals surface area contributed by atoms with E-state index in [1.54, 1.807) is 18.2 Å². The molecule has 1 N–H and O–H groups in total. The number of benzene rings is 2. The first-order valence-corrected chi connectivity index (χ1v) is 9.07. The van der Waals surface area contributed by atoms with Gasteiger partial charge in [-0.3, -0.25) is 4.79 Å². The molecule has 2 aromatic carbocycles. The molecule has 1 amide bonds. The standard InChI is InChI=1S/C21H15Cl2N3O/c1-13-3-2-8-26-12-19(25-20(13)26)14-4-6-18(7-5-14)24-21(27)15-9-16(22)11-17(23)10-15/h2-12H,1H3,(H,24,27). The minimum absolute atomic E-state index is 0.268. The SMILES string of the molecule is Cc1cccn2cc(-c3ccc(NC(=O)c4cc(Cl)cc(Cl)c4)cc3)nc12. The lowest BCUT2D eigenvalue weighted by Crippen LogP contribution is -2.11. The van der Waals surface area contributed by atoms with Crippen LogP contribution in [0.2, 0.25) is 10.0 Å². The highest BCUT2D eigenvalue weighted by molar-refractivity contribution is 6.35. The highest BCUT2D eigenvalue weighted by Gasteiger charge is 2.10. The van der Waals surface area contributed by atoms with Crippen LogP contribution in [0.4, 0.5) is 5.69 Å². The van der Waals surface area contributed by atoms with E-state index in [0.29, 0.717) is 21.3 Å². The molecule has 6 heteroatoms. The van der Waals surface area contributed by atoms with Gasteiger partial charge in [-0.25, -0.2) is 4.98 Å². The molecule has 4 rings (SSSR count). The van der Waals surface area contributed by atoms with Crippen LogP contribution in [0, 0.1) is 6.92 Å². The van der Waals surface area contributed by atoms with Crippen molar-refractivity contribution in [2.75, 3.05) is 5.32 Å². The summed E-state index contributed by atoms with van der Waals surface area (Å²) < 4.78 is 2.00. The van der Waals surface area contributed by atoms with Crippen LogP contribution in [0.25, 0.3) is 16.9 Å². The fourth-order valence-corrected chi connectivity index (χ4v) is 3.43. The average Bonchev–Trinajstić information content (AvgIpc) is 3.07. The molecule has 0 saturated carbocycles.